The highest BCUT2D eigenvalue weighted by atomic mass is 16.8. The second-order valence-corrected chi connectivity index (χ2v) is 9.72. The quantitative estimate of drug-likeness (QED) is 0.514. The number of epoxide rings is 1. The fourth-order valence-electron chi connectivity index (χ4n) is 4.62. The molecule has 0 aromatic heterocycles. The number of fused-ring (bicyclic) bond motifs is 2. The zero-order valence-corrected chi connectivity index (χ0v) is 18.5. The van der Waals surface area contributed by atoms with Crippen LogP contribution in [0.5, 0.6) is 0 Å². The molecule has 5 aliphatic rings. The van der Waals surface area contributed by atoms with Gasteiger partial charge in [-0.05, 0) is 34.1 Å². The van der Waals surface area contributed by atoms with Crippen molar-refractivity contribution < 1.29 is 34.6 Å². The molecule has 0 bridgehead atoms. The summed E-state index contributed by atoms with van der Waals surface area (Å²) in [6, 6.07) is 0. The first-order valence-corrected chi connectivity index (χ1v) is 10.8. The molecule has 0 saturated carbocycles. The minimum Gasteiger partial charge on any atom is -0.373 e. The van der Waals surface area contributed by atoms with E-state index in [0.29, 0.717) is 17.9 Å². The summed E-state index contributed by atoms with van der Waals surface area (Å²) in [6.45, 7) is 16.6. The molecule has 9 atom stereocenters. The van der Waals surface area contributed by atoms with Gasteiger partial charge in [-0.15, -0.1) is 6.58 Å². The molecular formula is C22H38O7. The van der Waals surface area contributed by atoms with E-state index in [9.17, 15) is 0 Å². The van der Waals surface area contributed by atoms with E-state index in [2.05, 4.69) is 20.4 Å². The average Bonchev–Trinajstić information content (AvgIpc) is 3.15. The third kappa shape index (κ3) is 4.71. The Bertz CT molecular complexity index is 608. The van der Waals surface area contributed by atoms with Crippen LogP contribution in [0.1, 0.15) is 55.8 Å². The van der Waals surface area contributed by atoms with Gasteiger partial charge in [0.1, 0.15) is 12.2 Å². The Morgan fingerprint density at radius 3 is 1.79 bits per heavy atom. The molecule has 5 fully saturated rings. The SMILES string of the molecule is C=CC[C@H]1O[C@@H]2OC(C)(C)O[C@@H]2[C@H]1C.C[C@@H]1[C@H]2OC(C)(C)O[C@H]2O[C@@H]1CC1CO1.[HH]. The van der Waals surface area contributed by atoms with Crippen LogP contribution in [0.4, 0.5) is 0 Å². The van der Waals surface area contributed by atoms with E-state index in [1.54, 1.807) is 0 Å². The minimum atomic E-state index is -0.497. The standard InChI is InChI=1S/C11H18O4.C11H18O3.H2/c1-6-8(4-7-5-12-7)13-10-9(6)14-11(2,3)15-10;1-5-6-8-7(2)9-10(12-8)14-11(3,4)13-9;/h6-10H,4-5H2,1-3H3;5,7-10H,1,6H2,2-4H3;1H/t6-,7?,8+,9+,10+;7-,8+,9+,10+;/m00./s1. The molecule has 29 heavy (non-hydrogen) atoms. The molecule has 0 aromatic carbocycles. The highest BCUT2D eigenvalue weighted by molar-refractivity contribution is 4.93. The Labute approximate surface area is 175 Å². The van der Waals surface area contributed by atoms with Crippen molar-refractivity contribution in [3.8, 4) is 0 Å². The van der Waals surface area contributed by atoms with Crippen molar-refractivity contribution >= 4 is 0 Å². The van der Waals surface area contributed by atoms with Crippen LogP contribution >= 0.6 is 0 Å². The Balaban J connectivity index is 0.000000166. The maximum Gasteiger partial charge on any atom is 0.187 e. The maximum absolute atomic E-state index is 5.86. The molecule has 5 rings (SSSR count). The zero-order chi connectivity index (χ0) is 21.0. The lowest BCUT2D eigenvalue weighted by molar-refractivity contribution is -0.210. The molecule has 0 aliphatic carbocycles. The number of hydrogen-bond donors (Lipinski definition) is 0. The van der Waals surface area contributed by atoms with Crippen LogP contribution in [0.2, 0.25) is 0 Å². The van der Waals surface area contributed by atoms with Gasteiger partial charge >= 0.3 is 0 Å². The van der Waals surface area contributed by atoms with E-state index in [-0.39, 0.29) is 38.4 Å². The Morgan fingerprint density at radius 1 is 0.862 bits per heavy atom. The largest absolute Gasteiger partial charge is 0.373 e. The summed E-state index contributed by atoms with van der Waals surface area (Å²) in [6.07, 6.45) is 4.34. The van der Waals surface area contributed by atoms with E-state index in [1.165, 1.54) is 0 Å². The summed E-state index contributed by atoms with van der Waals surface area (Å²) in [5.41, 5.74) is 0. The summed E-state index contributed by atoms with van der Waals surface area (Å²) >= 11 is 0. The van der Waals surface area contributed by atoms with E-state index < -0.39 is 11.6 Å². The van der Waals surface area contributed by atoms with Crippen molar-refractivity contribution in [3.63, 3.8) is 0 Å². The summed E-state index contributed by atoms with van der Waals surface area (Å²) in [5.74, 6) is -0.228. The third-order valence-electron chi connectivity index (χ3n) is 6.30. The number of rotatable bonds is 4. The van der Waals surface area contributed by atoms with Gasteiger partial charge in [0.2, 0.25) is 0 Å². The maximum atomic E-state index is 5.86. The normalized spacial score (nSPS) is 48.6. The van der Waals surface area contributed by atoms with Gasteiger partial charge in [-0.25, -0.2) is 0 Å². The van der Waals surface area contributed by atoms with Gasteiger partial charge in [0.15, 0.2) is 24.2 Å². The smallest absolute Gasteiger partial charge is 0.187 e. The summed E-state index contributed by atoms with van der Waals surface area (Å²) in [5, 5.41) is 0. The van der Waals surface area contributed by atoms with Gasteiger partial charge in [0.25, 0.3) is 0 Å². The molecule has 0 radical (unpaired) electrons. The van der Waals surface area contributed by atoms with Gasteiger partial charge in [0, 0.05) is 19.7 Å². The van der Waals surface area contributed by atoms with Crippen LogP contribution in [0.25, 0.3) is 0 Å². The first-order valence-electron chi connectivity index (χ1n) is 10.8. The predicted octanol–water partition coefficient (Wildman–Crippen LogP) is 3.61. The molecule has 5 heterocycles. The molecule has 168 valence electrons. The van der Waals surface area contributed by atoms with E-state index in [0.717, 1.165) is 19.4 Å². The van der Waals surface area contributed by atoms with Gasteiger partial charge < -0.3 is 33.2 Å². The summed E-state index contributed by atoms with van der Waals surface area (Å²) < 4.78 is 39.8. The molecule has 0 N–H and O–H groups in total. The van der Waals surface area contributed by atoms with Crippen LogP contribution in [0.15, 0.2) is 12.7 Å². The lowest BCUT2D eigenvalue weighted by Crippen LogP contribution is -2.29. The first-order chi connectivity index (χ1) is 13.6. The Hall–Kier alpha value is -0.540. The Morgan fingerprint density at radius 2 is 1.34 bits per heavy atom. The lowest BCUT2D eigenvalue weighted by Gasteiger charge is -2.23. The highest BCUT2D eigenvalue weighted by Gasteiger charge is 2.54. The van der Waals surface area contributed by atoms with Crippen LogP contribution in [-0.4, -0.2) is 61.3 Å². The molecule has 0 aromatic rings. The fourth-order valence-corrected chi connectivity index (χ4v) is 4.62. The van der Waals surface area contributed by atoms with Crippen molar-refractivity contribution in [2.45, 2.75) is 109 Å². The minimum absolute atomic E-state index is 0. The highest BCUT2D eigenvalue weighted by Crippen LogP contribution is 2.43. The van der Waals surface area contributed by atoms with Gasteiger partial charge in [-0.2, -0.15) is 0 Å². The fraction of sp³-hybridized carbons (Fsp3) is 0.909. The number of hydrogen-bond acceptors (Lipinski definition) is 7. The average molecular weight is 415 g/mol. The topological polar surface area (TPSA) is 67.9 Å². The van der Waals surface area contributed by atoms with Crippen molar-refractivity contribution in [2.24, 2.45) is 11.8 Å². The van der Waals surface area contributed by atoms with Crippen molar-refractivity contribution in [1.29, 1.82) is 0 Å². The second-order valence-electron chi connectivity index (χ2n) is 9.72. The van der Waals surface area contributed by atoms with E-state index in [1.807, 2.05) is 33.8 Å². The van der Waals surface area contributed by atoms with Crippen molar-refractivity contribution in [1.82, 2.24) is 0 Å². The zero-order valence-electron chi connectivity index (χ0n) is 18.5. The van der Waals surface area contributed by atoms with Crippen LogP contribution in [-0.2, 0) is 33.2 Å². The molecule has 0 spiro atoms. The molecule has 5 aliphatic heterocycles. The number of ether oxygens (including phenoxy) is 7. The van der Waals surface area contributed by atoms with E-state index in [4.69, 9.17) is 33.2 Å². The van der Waals surface area contributed by atoms with Crippen LogP contribution in [0.3, 0.4) is 0 Å². The van der Waals surface area contributed by atoms with Crippen molar-refractivity contribution in [2.75, 3.05) is 6.61 Å². The predicted molar refractivity (Wildman–Crippen MR) is 107 cm³/mol. The van der Waals surface area contributed by atoms with Crippen LogP contribution < -0.4 is 0 Å². The molecule has 1 unspecified atom stereocenters. The lowest BCUT2D eigenvalue weighted by atomic mass is 9.97. The molecule has 7 heteroatoms. The summed E-state index contributed by atoms with van der Waals surface area (Å²) in [7, 11) is 0. The molecular weight excluding hydrogens is 376 g/mol. The van der Waals surface area contributed by atoms with Crippen LogP contribution in [0, 0.1) is 11.8 Å². The van der Waals surface area contributed by atoms with Gasteiger partial charge in [-0.3, -0.25) is 0 Å². The van der Waals surface area contributed by atoms with Crippen molar-refractivity contribution in [3.05, 3.63) is 12.7 Å². The van der Waals surface area contributed by atoms with E-state index >= 15 is 0 Å². The molecule has 5 saturated heterocycles. The monoisotopic (exact) mass is 414 g/mol. The molecule has 0 amide bonds. The Kier molecular flexibility index (Phi) is 5.88. The summed E-state index contributed by atoms with van der Waals surface area (Å²) in [4.78, 5) is 0. The molecule has 7 nitrogen and oxygen atoms in total. The van der Waals surface area contributed by atoms with Gasteiger partial charge in [0.05, 0.1) is 24.9 Å². The van der Waals surface area contributed by atoms with Gasteiger partial charge in [-0.1, -0.05) is 19.9 Å². The first kappa shape index (κ1) is 21.7. The second kappa shape index (κ2) is 7.86. The third-order valence-corrected chi connectivity index (χ3v) is 6.30.